The highest BCUT2D eigenvalue weighted by molar-refractivity contribution is 5.36. The summed E-state index contributed by atoms with van der Waals surface area (Å²) in [6.45, 7) is 2.30. The zero-order valence-corrected chi connectivity index (χ0v) is 14.9. The van der Waals surface area contributed by atoms with Gasteiger partial charge >= 0.3 is 0 Å². The van der Waals surface area contributed by atoms with Gasteiger partial charge < -0.3 is 0 Å². The molecule has 0 heterocycles. The number of benzene rings is 1. The fourth-order valence-electron chi connectivity index (χ4n) is 5.21. The van der Waals surface area contributed by atoms with Crippen LogP contribution in [0.25, 0.3) is 0 Å². The van der Waals surface area contributed by atoms with E-state index in [2.05, 4.69) is 6.92 Å². The van der Waals surface area contributed by atoms with Crippen molar-refractivity contribution in [3.63, 3.8) is 0 Å². The minimum Gasteiger partial charge on any atom is -0.205 e. The van der Waals surface area contributed by atoms with E-state index in [0.29, 0.717) is 5.92 Å². The molecule has 24 heavy (non-hydrogen) atoms. The minimum atomic E-state index is -0.275. The van der Waals surface area contributed by atoms with Gasteiger partial charge in [0.05, 0.1) is 5.56 Å². The summed E-state index contributed by atoms with van der Waals surface area (Å²) in [6.07, 6.45) is 13.1. The Morgan fingerprint density at radius 3 is 2.21 bits per heavy atom. The number of hydrogen-bond donors (Lipinski definition) is 0. The van der Waals surface area contributed by atoms with Gasteiger partial charge in [-0.3, -0.25) is 0 Å². The Hall–Kier alpha value is -1.36. The summed E-state index contributed by atoms with van der Waals surface area (Å²) in [6, 6.07) is 7.27. The Bertz CT molecular complexity index is 572. The third kappa shape index (κ3) is 3.82. The van der Waals surface area contributed by atoms with Gasteiger partial charge in [-0.1, -0.05) is 44.7 Å². The molecular formula is C22H30FN. The number of nitriles is 1. The van der Waals surface area contributed by atoms with Crippen molar-refractivity contribution in [3.8, 4) is 6.07 Å². The van der Waals surface area contributed by atoms with E-state index < -0.39 is 0 Å². The highest BCUT2D eigenvalue weighted by Gasteiger charge is 2.31. The molecule has 0 N–H and O–H groups in total. The van der Waals surface area contributed by atoms with Gasteiger partial charge in [-0.25, -0.2) is 4.39 Å². The Morgan fingerprint density at radius 2 is 1.62 bits per heavy atom. The highest BCUT2D eigenvalue weighted by Crippen LogP contribution is 2.44. The van der Waals surface area contributed by atoms with Gasteiger partial charge in [0.1, 0.15) is 11.9 Å². The number of halogens is 1. The molecule has 0 aromatic heterocycles. The Kier molecular flexibility index (Phi) is 5.93. The molecule has 0 spiro atoms. The second-order valence-corrected chi connectivity index (χ2v) is 8.00. The molecule has 3 rings (SSSR count). The molecule has 1 aromatic carbocycles. The summed E-state index contributed by atoms with van der Waals surface area (Å²) in [5.41, 5.74) is 0.975. The molecule has 2 fully saturated rings. The van der Waals surface area contributed by atoms with E-state index in [1.54, 1.807) is 6.07 Å². The highest BCUT2D eigenvalue weighted by atomic mass is 19.1. The van der Waals surface area contributed by atoms with Gasteiger partial charge in [-0.2, -0.15) is 5.26 Å². The van der Waals surface area contributed by atoms with Crippen molar-refractivity contribution < 1.29 is 4.39 Å². The van der Waals surface area contributed by atoms with Crippen LogP contribution in [0.2, 0.25) is 0 Å². The van der Waals surface area contributed by atoms with E-state index in [4.69, 9.17) is 5.26 Å². The van der Waals surface area contributed by atoms with Crippen LogP contribution in [0.5, 0.6) is 0 Å². The topological polar surface area (TPSA) is 23.8 Å². The second kappa shape index (κ2) is 8.15. The molecule has 0 aliphatic heterocycles. The Labute approximate surface area is 146 Å². The lowest BCUT2D eigenvalue weighted by atomic mass is 9.68. The first kappa shape index (κ1) is 17.5. The molecule has 0 unspecified atom stereocenters. The smallest absolute Gasteiger partial charge is 0.144 e. The average Bonchev–Trinajstić information content (AvgIpc) is 2.63. The van der Waals surface area contributed by atoms with Gasteiger partial charge in [-0.15, -0.1) is 0 Å². The van der Waals surface area contributed by atoms with E-state index in [9.17, 15) is 4.39 Å². The number of nitrogens with zero attached hydrogens (tertiary/aromatic N) is 1. The summed E-state index contributed by atoms with van der Waals surface area (Å²) < 4.78 is 14.4. The normalized spacial score (nSPS) is 30.7. The van der Waals surface area contributed by atoms with Crippen LogP contribution < -0.4 is 0 Å². The molecule has 2 saturated carbocycles. The predicted octanol–water partition coefficient (Wildman–Crippen LogP) is 6.58. The lowest BCUT2D eigenvalue weighted by molar-refractivity contribution is 0.156. The third-order valence-corrected chi connectivity index (χ3v) is 6.62. The second-order valence-electron chi connectivity index (χ2n) is 8.00. The predicted molar refractivity (Wildman–Crippen MR) is 96.2 cm³/mol. The Morgan fingerprint density at radius 1 is 1.00 bits per heavy atom. The zero-order valence-electron chi connectivity index (χ0n) is 14.9. The van der Waals surface area contributed by atoms with Crippen LogP contribution in [0.1, 0.15) is 88.2 Å². The van der Waals surface area contributed by atoms with E-state index in [-0.39, 0.29) is 11.4 Å². The molecule has 0 atom stereocenters. The molecular weight excluding hydrogens is 297 g/mol. The maximum atomic E-state index is 14.4. The summed E-state index contributed by atoms with van der Waals surface area (Å²) in [4.78, 5) is 0. The first-order valence-electron chi connectivity index (χ1n) is 9.91. The van der Waals surface area contributed by atoms with Crippen molar-refractivity contribution in [3.05, 3.63) is 35.1 Å². The molecule has 0 bridgehead atoms. The molecule has 0 amide bonds. The van der Waals surface area contributed by atoms with Crippen LogP contribution >= 0.6 is 0 Å². The van der Waals surface area contributed by atoms with Crippen molar-refractivity contribution in [1.29, 1.82) is 5.26 Å². The van der Waals surface area contributed by atoms with E-state index in [1.807, 2.05) is 18.2 Å². The number of hydrogen-bond acceptors (Lipinski definition) is 1. The van der Waals surface area contributed by atoms with Gasteiger partial charge in [0.15, 0.2) is 0 Å². The van der Waals surface area contributed by atoms with Crippen LogP contribution in [-0.4, -0.2) is 0 Å². The first-order valence-corrected chi connectivity index (χ1v) is 9.91. The molecule has 2 aliphatic carbocycles. The van der Waals surface area contributed by atoms with Crippen LogP contribution in [0.15, 0.2) is 18.2 Å². The molecule has 0 radical (unpaired) electrons. The largest absolute Gasteiger partial charge is 0.205 e. The van der Waals surface area contributed by atoms with E-state index >= 15 is 0 Å². The van der Waals surface area contributed by atoms with E-state index in [0.717, 1.165) is 36.2 Å². The molecule has 130 valence electrons. The lowest BCUT2D eigenvalue weighted by Crippen LogP contribution is -2.25. The van der Waals surface area contributed by atoms with Gasteiger partial charge in [-0.05, 0) is 73.8 Å². The van der Waals surface area contributed by atoms with Crippen molar-refractivity contribution in [2.75, 3.05) is 0 Å². The minimum absolute atomic E-state index is 0.198. The Balaban J connectivity index is 1.54. The molecule has 1 nitrogen and oxygen atoms in total. The summed E-state index contributed by atoms with van der Waals surface area (Å²) in [5, 5.41) is 9.02. The summed E-state index contributed by atoms with van der Waals surface area (Å²) >= 11 is 0. The van der Waals surface area contributed by atoms with Crippen LogP contribution in [0, 0.1) is 34.9 Å². The summed E-state index contributed by atoms with van der Waals surface area (Å²) in [5.74, 6) is 2.78. The van der Waals surface area contributed by atoms with Crippen molar-refractivity contribution in [2.45, 2.75) is 77.0 Å². The SMILES string of the molecule is CCC[C@H]1CC[C@H]([C@H]2CC[C@H](c3cccc(C#N)c3F)CC2)CC1. The molecule has 0 saturated heterocycles. The van der Waals surface area contributed by atoms with Crippen LogP contribution in [0.3, 0.4) is 0 Å². The van der Waals surface area contributed by atoms with Crippen LogP contribution in [-0.2, 0) is 0 Å². The fourth-order valence-corrected chi connectivity index (χ4v) is 5.21. The average molecular weight is 327 g/mol. The van der Waals surface area contributed by atoms with Gasteiger partial charge in [0.2, 0.25) is 0 Å². The third-order valence-electron chi connectivity index (χ3n) is 6.62. The maximum Gasteiger partial charge on any atom is 0.144 e. The van der Waals surface area contributed by atoms with Gasteiger partial charge in [0.25, 0.3) is 0 Å². The van der Waals surface area contributed by atoms with Crippen molar-refractivity contribution >= 4 is 0 Å². The quantitative estimate of drug-likeness (QED) is 0.613. The van der Waals surface area contributed by atoms with E-state index in [1.165, 1.54) is 51.4 Å². The van der Waals surface area contributed by atoms with Crippen molar-refractivity contribution in [2.24, 2.45) is 17.8 Å². The standard InChI is InChI=1S/C22H30FN/c1-2-4-16-7-9-17(10-8-16)18-11-13-19(14-12-18)21-6-3-5-20(15-24)22(21)23/h3,5-6,16-19H,2,4,7-14H2,1H3/t16-,17-,18-,19-. The lowest BCUT2D eigenvalue weighted by Gasteiger charge is -2.38. The molecule has 1 aromatic rings. The molecule has 2 aliphatic rings. The van der Waals surface area contributed by atoms with Crippen molar-refractivity contribution in [1.82, 2.24) is 0 Å². The monoisotopic (exact) mass is 327 g/mol. The van der Waals surface area contributed by atoms with Crippen LogP contribution in [0.4, 0.5) is 4.39 Å². The van der Waals surface area contributed by atoms with Gasteiger partial charge in [0, 0.05) is 0 Å². The first-order chi connectivity index (χ1) is 11.7. The maximum absolute atomic E-state index is 14.4. The number of rotatable bonds is 4. The fraction of sp³-hybridized carbons (Fsp3) is 0.682. The molecule has 2 heteroatoms. The summed E-state index contributed by atoms with van der Waals surface area (Å²) in [7, 11) is 0. The zero-order chi connectivity index (χ0) is 16.9.